The average molecular weight is 993 g/mol. The van der Waals surface area contributed by atoms with Gasteiger partial charge < -0.3 is 19.6 Å². The molecule has 1 saturated heterocycles. The Kier molecular flexibility index (Phi) is 14.7. The van der Waals surface area contributed by atoms with Crippen LogP contribution >= 0.6 is 58.1 Å². The molecule has 8 rings (SSSR count). The Balaban J connectivity index is 1.15. The molecule has 1 fully saturated rings. The van der Waals surface area contributed by atoms with Gasteiger partial charge in [0.2, 0.25) is 5.60 Å². The number of thiazole rings is 1. The SMILES string of the molecule is CC(C)(C)OC(=O)Nc1nc(C(=NOC(c2ccccc2)(c2ccccc2)c2ccccc2)C(=O)NC2C(=O)N3C(C(=O)OC(c4ccccc4)c4ccccc4)=C(SCCl)CSC23)c(Cl)s1. The lowest BCUT2D eigenvalue weighted by Crippen LogP contribution is -2.71. The summed E-state index contributed by atoms with van der Waals surface area (Å²) in [5, 5.41) is 9.46. The van der Waals surface area contributed by atoms with Crippen LogP contribution in [0.25, 0.3) is 0 Å². The fraction of sp³-hybridized carbons (Fsp3) is 0.200. The summed E-state index contributed by atoms with van der Waals surface area (Å²) in [7, 11) is 0. The van der Waals surface area contributed by atoms with Crippen molar-refractivity contribution in [3.05, 3.63) is 200 Å². The van der Waals surface area contributed by atoms with Gasteiger partial charge in [-0.2, -0.15) is 0 Å². The highest BCUT2D eigenvalue weighted by Crippen LogP contribution is 2.45. The zero-order valence-electron chi connectivity index (χ0n) is 36.3. The highest BCUT2D eigenvalue weighted by molar-refractivity contribution is 8.07. The summed E-state index contributed by atoms with van der Waals surface area (Å²) in [5.41, 5.74) is 0.848. The van der Waals surface area contributed by atoms with Crippen LogP contribution in [0.1, 0.15) is 60.4 Å². The van der Waals surface area contributed by atoms with Crippen molar-refractivity contribution in [1.82, 2.24) is 15.2 Å². The third kappa shape index (κ3) is 10.4. The molecule has 2 atom stereocenters. The Bertz CT molecular complexity index is 2660. The summed E-state index contributed by atoms with van der Waals surface area (Å²) in [6.45, 7) is 5.16. The van der Waals surface area contributed by atoms with Crippen molar-refractivity contribution in [1.29, 1.82) is 0 Å². The van der Waals surface area contributed by atoms with Crippen LogP contribution in [0.2, 0.25) is 4.34 Å². The van der Waals surface area contributed by atoms with Crippen LogP contribution in [-0.4, -0.2) is 67.5 Å². The number of benzene rings is 5. The molecule has 2 aliphatic heterocycles. The van der Waals surface area contributed by atoms with Crippen LogP contribution in [-0.2, 0) is 34.3 Å². The van der Waals surface area contributed by atoms with Gasteiger partial charge in [0, 0.05) is 27.3 Å². The number of halogens is 2. The molecule has 342 valence electrons. The van der Waals surface area contributed by atoms with E-state index in [0.717, 1.165) is 22.5 Å². The first-order chi connectivity index (χ1) is 32.4. The third-order valence-corrected chi connectivity index (χ3v) is 14.3. The monoisotopic (exact) mass is 991 g/mol. The quantitative estimate of drug-likeness (QED) is 0.0254. The Hall–Kier alpha value is -6.10. The number of amides is 3. The molecule has 0 spiro atoms. The molecule has 2 N–H and O–H groups in total. The first-order valence-electron chi connectivity index (χ1n) is 21.0. The number of hydrogen-bond donors (Lipinski definition) is 2. The highest BCUT2D eigenvalue weighted by Gasteiger charge is 2.55. The first-order valence-corrected chi connectivity index (χ1v) is 24.7. The van der Waals surface area contributed by atoms with E-state index in [1.807, 2.05) is 152 Å². The van der Waals surface area contributed by atoms with Crippen LogP contribution < -0.4 is 10.6 Å². The molecule has 67 heavy (non-hydrogen) atoms. The topological polar surface area (TPSA) is 149 Å². The molecule has 0 radical (unpaired) electrons. The Labute approximate surface area is 410 Å². The van der Waals surface area contributed by atoms with Gasteiger partial charge in [0.05, 0.1) is 5.21 Å². The number of nitrogens with zero attached hydrogens (tertiary/aromatic N) is 3. The van der Waals surface area contributed by atoms with Crippen molar-refractivity contribution in [2.45, 2.75) is 49.5 Å². The number of esters is 1. The van der Waals surface area contributed by atoms with Crippen molar-refractivity contribution < 1.29 is 33.5 Å². The number of hydrogen-bond acceptors (Lipinski definition) is 12. The highest BCUT2D eigenvalue weighted by atomic mass is 35.5. The number of β-lactam (4-membered cyclic amide) rings is 1. The smallest absolute Gasteiger partial charge is 0.413 e. The number of alkyl halides is 1. The third-order valence-electron chi connectivity index (χ3n) is 10.5. The lowest BCUT2D eigenvalue weighted by atomic mass is 9.80. The molecule has 12 nitrogen and oxygen atoms in total. The standard InChI is InChI=1S/C50H43Cl2N5O7S3/c1-49(2,3)63-48(61)55-47-54-37(42(52)67-47)38(56-64-50(33-23-13-6-14-24-33,34-25-15-7-16-26-34)35-27-17-8-18-28-35)43(58)53-39-44(59)57-40(36(66-30-51)29-65-45(39)57)46(60)62-41(31-19-9-4-10-20-31)32-21-11-5-12-22-32/h4-28,39,41,45H,29-30H2,1-3H3,(H,53,58)(H,54,55,61). The first kappa shape index (κ1) is 47.4. The zero-order valence-corrected chi connectivity index (χ0v) is 40.2. The number of ether oxygens (including phenoxy) is 2. The van der Waals surface area contributed by atoms with E-state index in [9.17, 15) is 19.2 Å². The van der Waals surface area contributed by atoms with Gasteiger partial charge in [-0.05, 0) is 31.9 Å². The summed E-state index contributed by atoms with van der Waals surface area (Å²) in [6.07, 6.45) is -1.57. The zero-order chi connectivity index (χ0) is 47.1. The molecule has 2 aliphatic rings. The summed E-state index contributed by atoms with van der Waals surface area (Å²) in [5.74, 6) is -1.84. The predicted octanol–water partition coefficient (Wildman–Crippen LogP) is 10.7. The minimum absolute atomic E-state index is 0.0102. The molecule has 3 heterocycles. The molecule has 6 aromatic rings. The lowest BCUT2D eigenvalue weighted by Gasteiger charge is -2.49. The molecule has 5 aromatic carbocycles. The molecule has 1 aromatic heterocycles. The van der Waals surface area contributed by atoms with E-state index < -0.39 is 52.6 Å². The molecule has 0 aliphatic carbocycles. The van der Waals surface area contributed by atoms with Crippen LogP contribution in [0.15, 0.2) is 167 Å². The number of aromatic nitrogens is 1. The Morgan fingerprint density at radius 1 is 0.821 bits per heavy atom. The number of carbonyl (C=O) groups is 4. The minimum atomic E-state index is -1.42. The van der Waals surface area contributed by atoms with E-state index in [1.54, 1.807) is 20.8 Å². The van der Waals surface area contributed by atoms with E-state index in [1.165, 1.54) is 28.4 Å². The molecule has 17 heteroatoms. The number of fused-ring (bicyclic) bond motifs is 1. The van der Waals surface area contributed by atoms with Crippen molar-refractivity contribution in [3.63, 3.8) is 0 Å². The second kappa shape index (κ2) is 20.8. The van der Waals surface area contributed by atoms with Crippen LogP contribution in [0.5, 0.6) is 0 Å². The van der Waals surface area contributed by atoms with E-state index in [4.69, 9.17) is 37.5 Å². The summed E-state index contributed by atoms with van der Waals surface area (Å²) in [6, 6.07) is 45.7. The average Bonchev–Trinajstić information content (AvgIpc) is 3.70. The van der Waals surface area contributed by atoms with Crippen molar-refractivity contribution >= 4 is 92.8 Å². The maximum atomic E-state index is 14.9. The Morgan fingerprint density at radius 2 is 1.33 bits per heavy atom. The van der Waals surface area contributed by atoms with Crippen LogP contribution in [0.3, 0.4) is 0 Å². The molecule has 3 amide bonds. The van der Waals surface area contributed by atoms with Crippen molar-refractivity contribution in [3.8, 4) is 0 Å². The van der Waals surface area contributed by atoms with Gasteiger partial charge in [0.15, 0.2) is 16.9 Å². The number of oxime groups is 1. The Morgan fingerprint density at radius 3 is 1.82 bits per heavy atom. The maximum Gasteiger partial charge on any atom is 0.413 e. The van der Waals surface area contributed by atoms with E-state index in [-0.39, 0.29) is 31.8 Å². The maximum absolute atomic E-state index is 14.9. The normalized spacial score (nSPS) is 16.2. The fourth-order valence-electron chi connectivity index (χ4n) is 7.59. The summed E-state index contributed by atoms with van der Waals surface area (Å²) < 4.78 is 11.7. The van der Waals surface area contributed by atoms with Gasteiger partial charge in [-0.15, -0.1) is 35.1 Å². The number of anilines is 1. The van der Waals surface area contributed by atoms with Gasteiger partial charge in [0.25, 0.3) is 11.8 Å². The van der Waals surface area contributed by atoms with Crippen LogP contribution in [0.4, 0.5) is 9.93 Å². The van der Waals surface area contributed by atoms with Crippen LogP contribution in [0, 0.1) is 0 Å². The van der Waals surface area contributed by atoms with Gasteiger partial charge >= 0.3 is 12.1 Å². The van der Waals surface area contributed by atoms with E-state index in [2.05, 4.69) is 20.8 Å². The molecule has 0 saturated carbocycles. The number of carbonyl (C=O) groups excluding carboxylic acids is 4. The number of nitrogens with one attached hydrogen (secondary N) is 2. The molecular weight excluding hydrogens is 950 g/mol. The van der Waals surface area contributed by atoms with Gasteiger partial charge in [0.1, 0.15) is 32.7 Å². The largest absolute Gasteiger partial charge is 0.448 e. The number of rotatable bonds is 15. The van der Waals surface area contributed by atoms with E-state index >= 15 is 0 Å². The van der Waals surface area contributed by atoms with Crippen molar-refractivity contribution in [2.75, 3.05) is 16.3 Å². The fourth-order valence-corrected chi connectivity index (χ4v) is 11.2. The van der Waals surface area contributed by atoms with E-state index in [0.29, 0.717) is 27.3 Å². The predicted molar refractivity (Wildman–Crippen MR) is 265 cm³/mol. The molecule has 2 unspecified atom stereocenters. The second-order valence-corrected chi connectivity index (χ2v) is 20.4. The van der Waals surface area contributed by atoms with Gasteiger partial charge in [-0.3, -0.25) is 19.8 Å². The summed E-state index contributed by atoms with van der Waals surface area (Å²) in [4.78, 5) is 69.7. The number of thioether (sulfide) groups is 2. The molecular formula is C50H43Cl2N5O7S3. The second-order valence-electron chi connectivity index (χ2n) is 16.1. The van der Waals surface area contributed by atoms with Gasteiger partial charge in [-0.1, -0.05) is 180 Å². The summed E-state index contributed by atoms with van der Waals surface area (Å²) >= 11 is 16.5. The molecule has 0 bridgehead atoms. The minimum Gasteiger partial charge on any atom is -0.448 e. The van der Waals surface area contributed by atoms with Crippen molar-refractivity contribution in [2.24, 2.45) is 5.16 Å². The van der Waals surface area contributed by atoms with Gasteiger partial charge in [-0.25, -0.2) is 14.6 Å². The lowest BCUT2D eigenvalue weighted by molar-refractivity contribution is -0.154.